The van der Waals surface area contributed by atoms with Gasteiger partial charge in [-0.1, -0.05) is 55.8 Å². The molecule has 0 aromatic heterocycles. The van der Waals surface area contributed by atoms with E-state index in [1.165, 1.54) is 23.9 Å². The van der Waals surface area contributed by atoms with Gasteiger partial charge >= 0.3 is 0 Å². The van der Waals surface area contributed by atoms with Gasteiger partial charge in [-0.15, -0.1) is 11.8 Å². The number of carbonyl (C=O) groups is 2. The molecule has 0 radical (unpaired) electrons. The summed E-state index contributed by atoms with van der Waals surface area (Å²) in [4.78, 5) is 37.0. The molecule has 0 aliphatic carbocycles. The van der Waals surface area contributed by atoms with Crippen molar-refractivity contribution in [2.45, 2.75) is 43.3 Å². The predicted octanol–water partition coefficient (Wildman–Crippen LogP) is 6.50. The normalized spacial score (nSPS) is 11.5. The molecule has 0 heterocycles. The number of rotatable bonds is 10. The van der Waals surface area contributed by atoms with Crippen LogP contribution in [0.1, 0.15) is 42.6 Å². The molecule has 0 saturated carbocycles. The van der Waals surface area contributed by atoms with Crippen LogP contribution in [0.25, 0.3) is 0 Å². The SMILES string of the molecule is CCCCC(=O)Nc1cccc(SC(C(=O)Nc2cc([N+](=O)[O-])ccc2C)c2ccccc2)c1. The van der Waals surface area contributed by atoms with Gasteiger partial charge < -0.3 is 10.6 Å². The molecule has 176 valence electrons. The number of nitrogens with one attached hydrogen (secondary N) is 2. The van der Waals surface area contributed by atoms with E-state index in [4.69, 9.17) is 0 Å². The second-order valence-electron chi connectivity index (χ2n) is 7.83. The number of hydrogen-bond donors (Lipinski definition) is 2. The minimum Gasteiger partial charge on any atom is -0.326 e. The molecular weight excluding hydrogens is 450 g/mol. The maximum absolute atomic E-state index is 13.4. The first-order valence-electron chi connectivity index (χ1n) is 11.0. The third-order valence-corrected chi connectivity index (χ3v) is 6.41. The van der Waals surface area contributed by atoms with Crippen molar-refractivity contribution >= 4 is 40.6 Å². The van der Waals surface area contributed by atoms with Gasteiger partial charge in [-0.05, 0) is 42.7 Å². The van der Waals surface area contributed by atoms with E-state index >= 15 is 0 Å². The van der Waals surface area contributed by atoms with Gasteiger partial charge in [0, 0.05) is 29.1 Å². The number of non-ortho nitro benzene ring substituents is 1. The molecule has 34 heavy (non-hydrogen) atoms. The molecule has 1 atom stereocenters. The lowest BCUT2D eigenvalue weighted by atomic mass is 10.1. The smallest absolute Gasteiger partial charge is 0.271 e. The zero-order valence-corrected chi connectivity index (χ0v) is 19.9. The summed E-state index contributed by atoms with van der Waals surface area (Å²) < 4.78 is 0. The topological polar surface area (TPSA) is 101 Å². The van der Waals surface area contributed by atoms with E-state index in [1.54, 1.807) is 13.0 Å². The van der Waals surface area contributed by atoms with Crippen molar-refractivity contribution in [3.8, 4) is 0 Å². The number of nitro benzene ring substituents is 1. The highest BCUT2D eigenvalue weighted by atomic mass is 32.2. The first-order chi connectivity index (χ1) is 16.4. The minimum absolute atomic E-state index is 0.0394. The zero-order chi connectivity index (χ0) is 24.5. The van der Waals surface area contributed by atoms with E-state index in [0.717, 1.165) is 28.9 Å². The summed E-state index contributed by atoms with van der Waals surface area (Å²) in [5.74, 6) is -0.334. The number of nitrogens with zero attached hydrogens (tertiary/aromatic N) is 1. The zero-order valence-electron chi connectivity index (χ0n) is 19.1. The molecule has 3 aromatic rings. The van der Waals surface area contributed by atoms with Crippen molar-refractivity contribution in [3.05, 3.63) is 94.0 Å². The maximum atomic E-state index is 13.4. The number of hydrogen-bond acceptors (Lipinski definition) is 5. The lowest BCUT2D eigenvalue weighted by Crippen LogP contribution is -2.19. The fourth-order valence-corrected chi connectivity index (χ4v) is 4.38. The largest absolute Gasteiger partial charge is 0.326 e. The summed E-state index contributed by atoms with van der Waals surface area (Å²) >= 11 is 1.35. The molecule has 0 spiro atoms. The number of nitro groups is 1. The van der Waals surface area contributed by atoms with Crippen molar-refractivity contribution in [2.24, 2.45) is 0 Å². The van der Waals surface area contributed by atoms with Gasteiger partial charge in [-0.2, -0.15) is 0 Å². The summed E-state index contributed by atoms with van der Waals surface area (Å²) in [7, 11) is 0. The van der Waals surface area contributed by atoms with Crippen LogP contribution < -0.4 is 10.6 Å². The Morgan fingerprint density at radius 3 is 2.47 bits per heavy atom. The van der Waals surface area contributed by atoms with E-state index in [9.17, 15) is 19.7 Å². The van der Waals surface area contributed by atoms with Crippen LogP contribution in [0.15, 0.2) is 77.7 Å². The first-order valence-corrected chi connectivity index (χ1v) is 11.9. The van der Waals surface area contributed by atoms with Crippen molar-refractivity contribution in [1.29, 1.82) is 0 Å². The number of thioether (sulfide) groups is 1. The number of amides is 2. The Morgan fingerprint density at radius 1 is 1.00 bits per heavy atom. The van der Waals surface area contributed by atoms with Crippen LogP contribution in [0.5, 0.6) is 0 Å². The van der Waals surface area contributed by atoms with Gasteiger partial charge in [0.2, 0.25) is 11.8 Å². The Balaban J connectivity index is 1.84. The average Bonchev–Trinajstić information content (AvgIpc) is 2.83. The molecule has 0 saturated heterocycles. The maximum Gasteiger partial charge on any atom is 0.271 e. The number of anilines is 2. The molecule has 2 amide bonds. The fraction of sp³-hybridized carbons (Fsp3) is 0.231. The summed E-state index contributed by atoms with van der Waals surface area (Å²) in [5.41, 5.74) is 2.51. The van der Waals surface area contributed by atoms with Gasteiger partial charge in [0.25, 0.3) is 5.69 Å². The third-order valence-electron chi connectivity index (χ3n) is 5.16. The summed E-state index contributed by atoms with van der Waals surface area (Å²) in [6, 6.07) is 21.1. The van der Waals surface area contributed by atoms with Crippen molar-refractivity contribution in [2.75, 3.05) is 10.6 Å². The molecule has 7 nitrogen and oxygen atoms in total. The molecular formula is C26H27N3O4S. The van der Waals surface area contributed by atoms with Gasteiger partial charge in [-0.3, -0.25) is 19.7 Å². The molecule has 2 N–H and O–H groups in total. The Morgan fingerprint density at radius 2 is 1.76 bits per heavy atom. The molecule has 3 aromatic carbocycles. The van der Waals surface area contributed by atoms with Crippen molar-refractivity contribution in [1.82, 2.24) is 0 Å². The number of aryl methyl sites for hydroxylation is 1. The minimum atomic E-state index is -0.606. The summed E-state index contributed by atoms with van der Waals surface area (Å²) in [5, 5.41) is 16.3. The van der Waals surface area contributed by atoms with Crippen LogP contribution in [0, 0.1) is 17.0 Å². The van der Waals surface area contributed by atoms with E-state index in [-0.39, 0.29) is 17.5 Å². The van der Waals surface area contributed by atoms with E-state index < -0.39 is 10.2 Å². The van der Waals surface area contributed by atoms with E-state index in [1.807, 2.05) is 61.5 Å². The average molecular weight is 478 g/mol. The Kier molecular flexibility index (Phi) is 8.81. The number of unbranched alkanes of at least 4 members (excludes halogenated alkanes) is 1. The molecule has 0 aliphatic rings. The molecule has 0 fully saturated rings. The summed E-state index contributed by atoms with van der Waals surface area (Å²) in [6.45, 7) is 3.82. The standard InChI is InChI=1S/C26H27N3O4S/c1-3-4-13-24(30)27-20-11-8-12-22(16-20)34-25(19-9-6-5-7-10-19)26(31)28-23-17-21(29(32)33)15-14-18(23)2/h5-12,14-17,25H,3-4,13H2,1-2H3,(H,27,30)(H,28,31). The Labute approximate surface area is 203 Å². The Bertz CT molecular complexity index is 1170. The Hall–Kier alpha value is -3.65. The molecule has 0 aliphatic heterocycles. The lowest BCUT2D eigenvalue weighted by Gasteiger charge is -2.18. The second-order valence-corrected chi connectivity index (χ2v) is 9.01. The van der Waals surface area contributed by atoms with Crippen LogP contribution in [-0.2, 0) is 9.59 Å². The fourth-order valence-electron chi connectivity index (χ4n) is 3.30. The van der Waals surface area contributed by atoms with Crippen molar-refractivity contribution in [3.63, 3.8) is 0 Å². The van der Waals surface area contributed by atoms with Gasteiger partial charge in [-0.25, -0.2) is 0 Å². The van der Waals surface area contributed by atoms with Crippen LogP contribution in [-0.4, -0.2) is 16.7 Å². The van der Waals surface area contributed by atoms with Crippen LogP contribution >= 0.6 is 11.8 Å². The molecule has 0 bridgehead atoms. The van der Waals surface area contributed by atoms with Crippen LogP contribution in [0.3, 0.4) is 0 Å². The third kappa shape index (κ3) is 6.92. The predicted molar refractivity (Wildman–Crippen MR) is 136 cm³/mol. The first kappa shape index (κ1) is 25.0. The van der Waals surface area contributed by atoms with Gasteiger partial charge in [0.15, 0.2) is 0 Å². The lowest BCUT2D eigenvalue weighted by molar-refractivity contribution is -0.384. The van der Waals surface area contributed by atoms with Crippen LogP contribution in [0.4, 0.5) is 17.1 Å². The van der Waals surface area contributed by atoms with Crippen molar-refractivity contribution < 1.29 is 14.5 Å². The molecule has 3 rings (SSSR count). The van der Waals surface area contributed by atoms with E-state index in [0.29, 0.717) is 17.8 Å². The number of benzene rings is 3. The highest BCUT2D eigenvalue weighted by Gasteiger charge is 2.23. The molecule has 8 heteroatoms. The summed E-state index contributed by atoms with van der Waals surface area (Å²) in [6.07, 6.45) is 2.24. The van der Waals surface area contributed by atoms with E-state index in [2.05, 4.69) is 10.6 Å². The monoisotopic (exact) mass is 477 g/mol. The quantitative estimate of drug-likeness (QED) is 0.197. The highest BCUT2D eigenvalue weighted by molar-refractivity contribution is 8.00. The second kappa shape index (κ2) is 12.0. The molecule has 1 unspecified atom stereocenters. The van der Waals surface area contributed by atoms with Gasteiger partial charge in [0.05, 0.1) is 10.6 Å². The van der Waals surface area contributed by atoms with Gasteiger partial charge in [0.1, 0.15) is 5.25 Å². The van der Waals surface area contributed by atoms with Crippen LogP contribution in [0.2, 0.25) is 0 Å². The highest BCUT2D eigenvalue weighted by Crippen LogP contribution is 2.37. The number of carbonyl (C=O) groups excluding carboxylic acids is 2.